The Kier molecular flexibility index (Phi) is 6.73. The van der Waals surface area contributed by atoms with Gasteiger partial charge in [-0.3, -0.25) is 0 Å². The van der Waals surface area contributed by atoms with E-state index in [0.717, 1.165) is 37.7 Å². The van der Waals surface area contributed by atoms with Crippen LogP contribution in [0.25, 0.3) is 0 Å². The summed E-state index contributed by atoms with van der Waals surface area (Å²) < 4.78 is 5.64. The summed E-state index contributed by atoms with van der Waals surface area (Å²) in [6.07, 6.45) is 5.05. The van der Waals surface area contributed by atoms with Gasteiger partial charge in [0, 0.05) is 25.6 Å². The van der Waals surface area contributed by atoms with Crippen molar-refractivity contribution in [1.82, 2.24) is 10.6 Å². The normalized spacial score (nSPS) is 24.4. The second-order valence-corrected chi connectivity index (χ2v) is 4.76. The van der Waals surface area contributed by atoms with Crippen molar-refractivity contribution in [3.8, 4) is 0 Å². The third kappa shape index (κ3) is 4.66. The van der Waals surface area contributed by atoms with Gasteiger partial charge in [-0.2, -0.15) is 0 Å². The molecule has 0 amide bonds. The van der Waals surface area contributed by atoms with Crippen LogP contribution < -0.4 is 10.6 Å². The first-order chi connectivity index (χ1) is 7.77. The summed E-state index contributed by atoms with van der Waals surface area (Å²) in [6.45, 7) is 7.18. The van der Waals surface area contributed by atoms with Gasteiger partial charge < -0.3 is 15.4 Å². The van der Waals surface area contributed by atoms with Gasteiger partial charge in [0.1, 0.15) is 0 Å². The molecular weight excluding hydrogens is 220 g/mol. The standard InChI is InChI=1S/C12H24N2OS/c1-3-5-7-13-12(16)14-9-10-6-8-15-11(10)4-2/h10-11H,3-9H2,1-2H3,(H2,13,14,16). The highest BCUT2D eigenvalue weighted by Crippen LogP contribution is 2.22. The van der Waals surface area contributed by atoms with Gasteiger partial charge in [0.05, 0.1) is 6.10 Å². The van der Waals surface area contributed by atoms with Crippen LogP contribution in [0.15, 0.2) is 0 Å². The molecule has 2 unspecified atom stereocenters. The number of nitrogens with one attached hydrogen (secondary N) is 2. The van der Waals surface area contributed by atoms with Gasteiger partial charge in [-0.05, 0) is 31.5 Å². The molecule has 1 fully saturated rings. The Morgan fingerprint density at radius 1 is 1.38 bits per heavy atom. The van der Waals surface area contributed by atoms with Crippen LogP contribution in [0.4, 0.5) is 0 Å². The fourth-order valence-corrected chi connectivity index (χ4v) is 2.23. The summed E-state index contributed by atoms with van der Waals surface area (Å²) in [6, 6.07) is 0. The number of unbranched alkanes of at least 4 members (excludes halogenated alkanes) is 1. The molecular formula is C12H24N2OS. The van der Waals surface area contributed by atoms with Crippen molar-refractivity contribution in [3.63, 3.8) is 0 Å². The lowest BCUT2D eigenvalue weighted by Crippen LogP contribution is -2.39. The summed E-state index contributed by atoms with van der Waals surface area (Å²) in [5, 5.41) is 7.30. The molecule has 1 heterocycles. The van der Waals surface area contributed by atoms with E-state index in [1.807, 2.05) is 0 Å². The summed E-state index contributed by atoms with van der Waals surface area (Å²) in [5.41, 5.74) is 0. The van der Waals surface area contributed by atoms with E-state index in [-0.39, 0.29) is 0 Å². The first-order valence-electron chi connectivity index (χ1n) is 6.41. The molecule has 1 rings (SSSR count). The van der Waals surface area contributed by atoms with Crippen molar-refractivity contribution in [2.75, 3.05) is 19.7 Å². The first kappa shape index (κ1) is 13.7. The highest BCUT2D eigenvalue weighted by Gasteiger charge is 2.26. The molecule has 4 heteroatoms. The van der Waals surface area contributed by atoms with E-state index < -0.39 is 0 Å². The average Bonchev–Trinajstić information content (AvgIpc) is 2.74. The van der Waals surface area contributed by atoms with Gasteiger partial charge >= 0.3 is 0 Å². The van der Waals surface area contributed by atoms with E-state index in [9.17, 15) is 0 Å². The minimum absolute atomic E-state index is 0.422. The maximum Gasteiger partial charge on any atom is 0.166 e. The molecule has 2 N–H and O–H groups in total. The second kappa shape index (κ2) is 7.85. The van der Waals surface area contributed by atoms with Crippen molar-refractivity contribution >= 4 is 17.3 Å². The third-order valence-corrected chi connectivity index (χ3v) is 3.38. The van der Waals surface area contributed by atoms with E-state index in [2.05, 4.69) is 24.5 Å². The van der Waals surface area contributed by atoms with E-state index in [4.69, 9.17) is 17.0 Å². The Morgan fingerprint density at radius 2 is 2.19 bits per heavy atom. The molecule has 94 valence electrons. The first-order valence-corrected chi connectivity index (χ1v) is 6.82. The smallest absolute Gasteiger partial charge is 0.166 e. The quantitative estimate of drug-likeness (QED) is 0.553. The molecule has 1 aliphatic heterocycles. The fraction of sp³-hybridized carbons (Fsp3) is 0.917. The number of hydrogen-bond donors (Lipinski definition) is 2. The van der Waals surface area contributed by atoms with E-state index >= 15 is 0 Å². The van der Waals surface area contributed by atoms with Crippen molar-refractivity contribution in [3.05, 3.63) is 0 Å². The van der Waals surface area contributed by atoms with Crippen LogP contribution in [0.1, 0.15) is 39.5 Å². The third-order valence-electron chi connectivity index (χ3n) is 3.09. The van der Waals surface area contributed by atoms with Crippen LogP contribution in [-0.2, 0) is 4.74 Å². The summed E-state index contributed by atoms with van der Waals surface area (Å²) >= 11 is 5.21. The van der Waals surface area contributed by atoms with Crippen molar-refractivity contribution in [2.24, 2.45) is 5.92 Å². The molecule has 3 nitrogen and oxygen atoms in total. The molecule has 0 bridgehead atoms. The topological polar surface area (TPSA) is 33.3 Å². The van der Waals surface area contributed by atoms with Crippen molar-refractivity contribution in [1.29, 1.82) is 0 Å². The molecule has 1 saturated heterocycles. The number of rotatable bonds is 6. The maximum absolute atomic E-state index is 5.64. The van der Waals surface area contributed by atoms with E-state index in [0.29, 0.717) is 12.0 Å². The Morgan fingerprint density at radius 3 is 2.88 bits per heavy atom. The zero-order chi connectivity index (χ0) is 11.8. The van der Waals surface area contributed by atoms with Crippen LogP contribution in [0.2, 0.25) is 0 Å². The van der Waals surface area contributed by atoms with E-state index in [1.54, 1.807) is 0 Å². The molecule has 0 aromatic rings. The highest BCUT2D eigenvalue weighted by atomic mass is 32.1. The molecule has 0 radical (unpaired) electrons. The number of ether oxygens (including phenoxy) is 1. The van der Waals surface area contributed by atoms with Gasteiger partial charge in [-0.15, -0.1) is 0 Å². The van der Waals surface area contributed by atoms with Gasteiger partial charge in [-0.25, -0.2) is 0 Å². The van der Waals surface area contributed by atoms with E-state index in [1.165, 1.54) is 12.8 Å². The highest BCUT2D eigenvalue weighted by molar-refractivity contribution is 7.80. The zero-order valence-corrected chi connectivity index (χ0v) is 11.2. The molecule has 0 aromatic heterocycles. The minimum Gasteiger partial charge on any atom is -0.378 e. The van der Waals surface area contributed by atoms with Gasteiger partial charge in [0.25, 0.3) is 0 Å². The molecule has 0 spiro atoms. The molecule has 2 atom stereocenters. The lowest BCUT2D eigenvalue weighted by atomic mass is 10.00. The largest absolute Gasteiger partial charge is 0.378 e. The van der Waals surface area contributed by atoms with Gasteiger partial charge in [-0.1, -0.05) is 20.3 Å². The predicted octanol–water partition coefficient (Wildman–Crippen LogP) is 2.07. The Bertz CT molecular complexity index is 211. The SMILES string of the molecule is CCCCNC(=S)NCC1CCOC1CC. The number of hydrogen-bond acceptors (Lipinski definition) is 2. The molecule has 16 heavy (non-hydrogen) atoms. The Labute approximate surface area is 104 Å². The monoisotopic (exact) mass is 244 g/mol. The van der Waals surface area contributed by atoms with Crippen molar-refractivity contribution in [2.45, 2.75) is 45.6 Å². The Balaban J connectivity index is 2.11. The average molecular weight is 244 g/mol. The molecule has 0 aromatic carbocycles. The van der Waals surface area contributed by atoms with Gasteiger partial charge in [0.15, 0.2) is 5.11 Å². The molecule has 0 aliphatic carbocycles. The minimum atomic E-state index is 0.422. The lowest BCUT2D eigenvalue weighted by Gasteiger charge is -2.18. The van der Waals surface area contributed by atoms with Crippen LogP contribution in [-0.4, -0.2) is 30.9 Å². The van der Waals surface area contributed by atoms with Crippen LogP contribution >= 0.6 is 12.2 Å². The number of thiocarbonyl (C=S) groups is 1. The van der Waals surface area contributed by atoms with Crippen LogP contribution in [0, 0.1) is 5.92 Å². The maximum atomic E-state index is 5.64. The molecule has 0 saturated carbocycles. The van der Waals surface area contributed by atoms with Gasteiger partial charge in [0.2, 0.25) is 0 Å². The van der Waals surface area contributed by atoms with Crippen LogP contribution in [0.5, 0.6) is 0 Å². The zero-order valence-electron chi connectivity index (χ0n) is 10.4. The second-order valence-electron chi connectivity index (χ2n) is 4.36. The van der Waals surface area contributed by atoms with Crippen LogP contribution in [0.3, 0.4) is 0 Å². The predicted molar refractivity (Wildman–Crippen MR) is 71.6 cm³/mol. The summed E-state index contributed by atoms with van der Waals surface area (Å²) in [4.78, 5) is 0. The lowest BCUT2D eigenvalue weighted by molar-refractivity contribution is 0.0883. The molecule has 1 aliphatic rings. The fourth-order valence-electron chi connectivity index (χ4n) is 2.04. The summed E-state index contributed by atoms with van der Waals surface area (Å²) in [7, 11) is 0. The van der Waals surface area contributed by atoms with Crippen molar-refractivity contribution < 1.29 is 4.74 Å². The summed E-state index contributed by atoms with van der Waals surface area (Å²) in [5.74, 6) is 0.621. The Hall–Kier alpha value is -0.350.